The molecule has 0 radical (unpaired) electrons. The molecule has 6 heteroatoms. The van der Waals surface area contributed by atoms with Gasteiger partial charge in [0, 0.05) is 11.2 Å². The quantitative estimate of drug-likeness (QED) is 0.717. The minimum absolute atomic E-state index is 0.162. The molecule has 2 heterocycles. The Hall–Kier alpha value is -2.18. The van der Waals surface area contributed by atoms with Gasteiger partial charge in [-0.3, -0.25) is 4.79 Å². The van der Waals surface area contributed by atoms with Gasteiger partial charge in [-0.15, -0.1) is 22.7 Å². The molecule has 1 aromatic carbocycles. The van der Waals surface area contributed by atoms with Crippen LogP contribution in [0.3, 0.4) is 0 Å². The number of ether oxygens (including phenoxy) is 1. The molecule has 118 valence electrons. The third-order valence-corrected chi connectivity index (χ3v) is 5.53. The predicted octanol–water partition coefficient (Wildman–Crippen LogP) is 3.72. The van der Waals surface area contributed by atoms with E-state index in [2.05, 4.69) is 27.6 Å². The molecule has 2 aromatic heterocycles. The number of hydrogen-bond donors (Lipinski definition) is 1. The van der Waals surface area contributed by atoms with Gasteiger partial charge in [0.2, 0.25) is 0 Å². The molecule has 3 aromatic rings. The minimum atomic E-state index is -0.418. The van der Waals surface area contributed by atoms with Crippen molar-refractivity contribution in [2.24, 2.45) is 0 Å². The van der Waals surface area contributed by atoms with E-state index in [0.717, 1.165) is 17.8 Å². The number of nitrogens with one attached hydrogen (secondary N) is 1. The zero-order valence-electron chi connectivity index (χ0n) is 12.5. The van der Waals surface area contributed by atoms with E-state index in [1.165, 1.54) is 22.8 Å². The number of methoxy groups -OCH3 is 1. The summed E-state index contributed by atoms with van der Waals surface area (Å²) in [5, 5.41) is 6.28. The van der Waals surface area contributed by atoms with Gasteiger partial charge in [-0.05, 0) is 40.9 Å². The first-order valence-electron chi connectivity index (χ1n) is 7.10. The minimum Gasteiger partial charge on any atom is -0.465 e. The molecular formula is C17H15NO3S2. The van der Waals surface area contributed by atoms with Crippen molar-refractivity contribution in [2.75, 3.05) is 13.7 Å². The highest BCUT2D eigenvalue weighted by Gasteiger charge is 2.13. The first kappa shape index (κ1) is 15.7. The lowest BCUT2D eigenvalue weighted by Crippen LogP contribution is -2.24. The smallest absolute Gasteiger partial charge is 0.348 e. The van der Waals surface area contributed by atoms with E-state index in [1.807, 2.05) is 12.1 Å². The molecule has 0 spiro atoms. The maximum atomic E-state index is 12.1. The summed E-state index contributed by atoms with van der Waals surface area (Å²) in [6, 6.07) is 11.5. The number of hydrogen-bond acceptors (Lipinski definition) is 5. The van der Waals surface area contributed by atoms with E-state index in [9.17, 15) is 9.59 Å². The lowest BCUT2D eigenvalue weighted by atomic mass is 10.1. The van der Waals surface area contributed by atoms with Crippen LogP contribution < -0.4 is 5.32 Å². The van der Waals surface area contributed by atoms with E-state index in [1.54, 1.807) is 23.5 Å². The maximum absolute atomic E-state index is 12.1. The average molecular weight is 345 g/mol. The fourth-order valence-electron chi connectivity index (χ4n) is 2.29. The van der Waals surface area contributed by atoms with Crippen molar-refractivity contribution in [3.05, 3.63) is 57.1 Å². The summed E-state index contributed by atoms with van der Waals surface area (Å²) in [5.74, 6) is -0.580. The highest BCUT2D eigenvalue weighted by molar-refractivity contribution is 7.17. The van der Waals surface area contributed by atoms with Crippen LogP contribution in [-0.4, -0.2) is 25.5 Å². The van der Waals surface area contributed by atoms with Gasteiger partial charge in [-0.25, -0.2) is 4.79 Å². The van der Waals surface area contributed by atoms with Crippen LogP contribution in [0.1, 0.15) is 24.9 Å². The van der Waals surface area contributed by atoms with Crippen molar-refractivity contribution in [3.63, 3.8) is 0 Å². The lowest BCUT2D eigenvalue weighted by molar-refractivity contribution is 0.0606. The monoisotopic (exact) mass is 345 g/mol. The zero-order chi connectivity index (χ0) is 16.2. The van der Waals surface area contributed by atoms with Crippen LogP contribution in [0, 0.1) is 0 Å². The molecule has 0 aliphatic heterocycles. The molecule has 0 saturated heterocycles. The SMILES string of the molecule is COC(=O)c1ccc(C(=O)NCCc2csc3ccccc23)s1. The van der Waals surface area contributed by atoms with Crippen LogP contribution in [0.5, 0.6) is 0 Å². The average Bonchev–Trinajstić information content (AvgIpc) is 3.21. The zero-order valence-corrected chi connectivity index (χ0v) is 14.1. The second kappa shape index (κ2) is 6.93. The molecule has 4 nitrogen and oxygen atoms in total. The highest BCUT2D eigenvalue weighted by atomic mass is 32.1. The normalized spacial score (nSPS) is 10.7. The Kier molecular flexibility index (Phi) is 4.73. The molecule has 1 N–H and O–H groups in total. The highest BCUT2D eigenvalue weighted by Crippen LogP contribution is 2.25. The van der Waals surface area contributed by atoms with Gasteiger partial charge in [0.25, 0.3) is 5.91 Å². The van der Waals surface area contributed by atoms with E-state index < -0.39 is 5.97 Å². The maximum Gasteiger partial charge on any atom is 0.348 e. The van der Waals surface area contributed by atoms with E-state index in [0.29, 0.717) is 16.3 Å². The van der Waals surface area contributed by atoms with Crippen molar-refractivity contribution in [3.8, 4) is 0 Å². The number of rotatable bonds is 5. The number of thiophene rings is 2. The summed E-state index contributed by atoms with van der Waals surface area (Å²) < 4.78 is 5.90. The lowest BCUT2D eigenvalue weighted by Gasteiger charge is -2.03. The van der Waals surface area contributed by atoms with Crippen LogP contribution in [0.25, 0.3) is 10.1 Å². The Morgan fingerprint density at radius 3 is 2.74 bits per heavy atom. The van der Waals surface area contributed by atoms with Crippen LogP contribution in [0.4, 0.5) is 0 Å². The van der Waals surface area contributed by atoms with Crippen molar-refractivity contribution < 1.29 is 14.3 Å². The third kappa shape index (κ3) is 3.43. The molecule has 0 fully saturated rings. The standard InChI is InChI=1S/C17H15NO3S2/c1-21-17(20)15-7-6-14(23-15)16(19)18-9-8-11-10-22-13-5-3-2-4-12(11)13/h2-7,10H,8-9H2,1H3,(H,18,19). The van der Waals surface area contributed by atoms with Gasteiger partial charge in [0.15, 0.2) is 0 Å². The summed E-state index contributed by atoms with van der Waals surface area (Å²) >= 11 is 2.86. The second-order valence-electron chi connectivity index (χ2n) is 4.92. The number of fused-ring (bicyclic) bond motifs is 1. The van der Waals surface area contributed by atoms with Crippen molar-refractivity contribution >= 4 is 44.6 Å². The largest absolute Gasteiger partial charge is 0.465 e. The first-order valence-corrected chi connectivity index (χ1v) is 8.80. The van der Waals surface area contributed by atoms with Crippen molar-refractivity contribution in [2.45, 2.75) is 6.42 Å². The number of esters is 1. The Morgan fingerprint density at radius 1 is 1.13 bits per heavy atom. The topological polar surface area (TPSA) is 55.4 Å². The van der Waals surface area contributed by atoms with Crippen LogP contribution in [0.15, 0.2) is 41.8 Å². The summed E-state index contributed by atoms with van der Waals surface area (Å²) in [6.07, 6.45) is 0.783. The van der Waals surface area contributed by atoms with Gasteiger partial charge in [0.05, 0.1) is 12.0 Å². The first-order chi connectivity index (χ1) is 11.2. The summed E-state index contributed by atoms with van der Waals surface area (Å²) in [7, 11) is 1.33. The third-order valence-electron chi connectivity index (χ3n) is 3.46. The van der Waals surface area contributed by atoms with Gasteiger partial charge >= 0.3 is 5.97 Å². The Morgan fingerprint density at radius 2 is 1.91 bits per heavy atom. The molecule has 0 bridgehead atoms. The van der Waals surface area contributed by atoms with Crippen molar-refractivity contribution in [1.29, 1.82) is 0 Å². The summed E-state index contributed by atoms with van der Waals surface area (Å²) in [5.41, 5.74) is 1.24. The van der Waals surface area contributed by atoms with Crippen molar-refractivity contribution in [1.82, 2.24) is 5.32 Å². The Balaban J connectivity index is 1.59. The van der Waals surface area contributed by atoms with Crippen LogP contribution >= 0.6 is 22.7 Å². The molecule has 23 heavy (non-hydrogen) atoms. The molecule has 0 aliphatic carbocycles. The summed E-state index contributed by atoms with van der Waals surface area (Å²) in [4.78, 5) is 24.5. The predicted molar refractivity (Wildman–Crippen MR) is 93.5 cm³/mol. The molecular weight excluding hydrogens is 330 g/mol. The van der Waals surface area contributed by atoms with Gasteiger partial charge < -0.3 is 10.1 Å². The number of carbonyl (C=O) groups is 2. The Bertz CT molecular complexity index is 850. The van der Waals surface area contributed by atoms with E-state index in [4.69, 9.17) is 0 Å². The molecule has 0 atom stereocenters. The Labute approximate surface area is 141 Å². The molecule has 0 saturated carbocycles. The number of amides is 1. The molecule has 0 unspecified atom stereocenters. The summed E-state index contributed by atoms with van der Waals surface area (Å²) in [6.45, 7) is 0.561. The van der Waals surface area contributed by atoms with Gasteiger partial charge in [-0.2, -0.15) is 0 Å². The van der Waals surface area contributed by atoms with Gasteiger partial charge in [-0.1, -0.05) is 18.2 Å². The second-order valence-corrected chi connectivity index (χ2v) is 6.91. The van der Waals surface area contributed by atoms with E-state index >= 15 is 0 Å². The van der Waals surface area contributed by atoms with Crippen LogP contribution in [0.2, 0.25) is 0 Å². The fraction of sp³-hybridized carbons (Fsp3) is 0.176. The number of benzene rings is 1. The van der Waals surface area contributed by atoms with E-state index in [-0.39, 0.29) is 5.91 Å². The molecule has 0 aliphatic rings. The molecule has 3 rings (SSSR count). The van der Waals surface area contributed by atoms with Crippen LogP contribution in [-0.2, 0) is 11.2 Å². The fourth-order valence-corrected chi connectivity index (χ4v) is 4.13. The molecule has 1 amide bonds. The number of carbonyl (C=O) groups excluding carboxylic acids is 2. The van der Waals surface area contributed by atoms with Gasteiger partial charge in [0.1, 0.15) is 4.88 Å².